The molecule has 1 saturated heterocycles. The molecule has 0 radical (unpaired) electrons. The van der Waals surface area contributed by atoms with Gasteiger partial charge >= 0.3 is 6.03 Å². The van der Waals surface area contributed by atoms with Gasteiger partial charge in [-0.2, -0.15) is 0 Å². The molecule has 2 N–H and O–H groups in total. The summed E-state index contributed by atoms with van der Waals surface area (Å²) in [5.74, 6) is -0.324. The van der Waals surface area contributed by atoms with Crippen LogP contribution in [0.25, 0.3) is 0 Å². The van der Waals surface area contributed by atoms with Crippen molar-refractivity contribution in [3.05, 3.63) is 0 Å². The molecule has 0 spiro atoms. The average Bonchev–Trinajstić information content (AvgIpc) is 2.44. The van der Waals surface area contributed by atoms with Gasteiger partial charge in [-0.15, -0.1) is 0 Å². The first-order chi connectivity index (χ1) is 8.31. The van der Waals surface area contributed by atoms with Crippen LogP contribution in [0.4, 0.5) is 4.79 Å². The third-order valence-corrected chi connectivity index (χ3v) is 2.57. The molecular weight excluding hydrogens is 234 g/mol. The summed E-state index contributed by atoms with van der Waals surface area (Å²) in [4.78, 5) is 36.1. The minimum Gasteiger partial charge on any atom is -0.352 e. The van der Waals surface area contributed by atoms with Crippen LogP contribution < -0.4 is 10.6 Å². The van der Waals surface area contributed by atoms with Crippen molar-refractivity contribution in [1.29, 1.82) is 0 Å². The Labute approximate surface area is 107 Å². The summed E-state index contributed by atoms with van der Waals surface area (Å²) >= 11 is 0. The zero-order valence-corrected chi connectivity index (χ0v) is 11.3. The molecule has 18 heavy (non-hydrogen) atoms. The Hall–Kier alpha value is -1.59. The summed E-state index contributed by atoms with van der Waals surface area (Å²) < 4.78 is 0. The van der Waals surface area contributed by atoms with E-state index in [1.54, 1.807) is 0 Å². The van der Waals surface area contributed by atoms with Crippen LogP contribution >= 0.6 is 0 Å². The fourth-order valence-electron chi connectivity index (χ4n) is 1.87. The minimum atomic E-state index is -0.496. The highest BCUT2D eigenvalue weighted by molar-refractivity contribution is 6.06. The molecule has 1 aliphatic heterocycles. The van der Waals surface area contributed by atoms with E-state index in [2.05, 4.69) is 10.6 Å². The third-order valence-electron chi connectivity index (χ3n) is 2.57. The van der Waals surface area contributed by atoms with Gasteiger partial charge in [-0.3, -0.25) is 14.5 Å². The molecule has 1 fully saturated rings. The minimum absolute atomic E-state index is 0.00951. The van der Waals surface area contributed by atoms with E-state index in [4.69, 9.17) is 0 Å². The Bertz CT molecular complexity index is 352. The first-order valence-electron chi connectivity index (χ1n) is 6.22. The Kier molecular flexibility index (Phi) is 4.69. The van der Waals surface area contributed by atoms with E-state index in [9.17, 15) is 14.4 Å². The van der Waals surface area contributed by atoms with Crippen LogP contribution in [0.15, 0.2) is 0 Å². The second-order valence-corrected chi connectivity index (χ2v) is 5.28. The predicted octanol–water partition coefficient (Wildman–Crippen LogP) is 0.477. The fourth-order valence-corrected chi connectivity index (χ4v) is 1.87. The molecule has 0 aliphatic carbocycles. The Morgan fingerprint density at radius 1 is 1.33 bits per heavy atom. The molecule has 0 aromatic carbocycles. The van der Waals surface area contributed by atoms with Crippen molar-refractivity contribution in [2.75, 3.05) is 6.54 Å². The van der Waals surface area contributed by atoms with Crippen LogP contribution in [-0.2, 0) is 9.59 Å². The SMILES string of the molecule is CC(C)C[C@@H]1NC(=O)N(CC(=O)NC(C)C)C1=O. The van der Waals surface area contributed by atoms with Crippen LogP contribution in [0.5, 0.6) is 0 Å². The van der Waals surface area contributed by atoms with Crippen molar-refractivity contribution >= 4 is 17.8 Å². The summed E-state index contributed by atoms with van der Waals surface area (Å²) in [5, 5.41) is 5.25. The standard InChI is InChI=1S/C12H21N3O3/c1-7(2)5-9-11(17)15(12(18)14-9)6-10(16)13-8(3)4/h7-9H,5-6H2,1-4H3,(H,13,16)(H,14,18)/t9-/m0/s1. The number of hydrogen-bond donors (Lipinski definition) is 2. The maximum Gasteiger partial charge on any atom is 0.325 e. The number of carbonyl (C=O) groups excluding carboxylic acids is 3. The quantitative estimate of drug-likeness (QED) is 0.701. The number of amides is 4. The van der Waals surface area contributed by atoms with Crippen molar-refractivity contribution in [3.63, 3.8) is 0 Å². The van der Waals surface area contributed by atoms with Crippen molar-refractivity contribution < 1.29 is 14.4 Å². The van der Waals surface area contributed by atoms with Gasteiger partial charge in [0.15, 0.2) is 0 Å². The van der Waals surface area contributed by atoms with Crippen molar-refractivity contribution in [3.8, 4) is 0 Å². The third kappa shape index (κ3) is 3.72. The fraction of sp³-hybridized carbons (Fsp3) is 0.750. The molecule has 0 aromatic heterocycles. The van der Waals surface area contributed by atoms with E-state index in [-0.39, 0.29) is 24.4 Å². The average molecular weight is 255 g/mol. The molecule has 0 aromatic rings. The van der Waals surface area contributed by atoms with Crippen molar-refractivity contribution in [1.82, 2.24) is 15.5 Å². The molecule has 0 unspecified atom stereocenters. The van der Waals surface area contributed by atoms with Crippen LogP contribution in [-0.4, -0.2) is 41.4 Å². The number of imide groups is 1. The lowest BCUT2D eigenvalue weighted by atomic mass is 10.0. The Morgan fingerprint density at radius 3 is 2.44 bits per heavy atom. The van der Waals surface area contributed by atoms with Crippen LogP contribution in [0.2, 0.25) is 0 Å². The van der Waals surface area contributed by atoms with Gasteiger partial charge in [0.25, 0.3) is 5.91 Å². The topological polar surface area (TPSA) is 78.5 Å². The lowest BCUT2D eigenvalue weighted by Crippen LogP contribution is -2.43. The first kappa shape index (κ1) is 14.5. The number of nitrogens with zero attached hydrogens (tertiary/aromatic N) is 1. The van der Waals surface area contributed by atoms with Gasteiger partial charge in [0, 0.05) is 6.04 Å². The zero-order valence-electron chi connectivity index (χ0n) is 11.3. The number of rotatable bonds is 5. The summed E-state index contributed by atoms with van der Waals surface area (Å²) in [6.45, 7) is 7.40. The molecule has 4 amide bonds. The summed E-state index contributed by atoms with van der Waals surface area (Å²) in [7, 11) is 0. The van der Waals surface area contributed by atoms with Gasteiger partial charge in [0.1, 0.15) is 12.6 Å². The van der Waals surface area contributed by atoms with Gasteiger partial charge in [0.05, 0.1) is 0 Å². The van der Waals surface area contributed by atoms with E-state index < -0.39 is 12.1 Å². The van der Waals surface area contributed by atoms with E-state index in [0.717, 1.165) is 4.90 Å². The molecule has 1 rings (SSSR count). The van der Waals surface area contributed by atoms with Gasteiger partial charge in [-0.05, 0) is 26.2 Å². The number of urea groups is 1. The van der Waals surface area contributed by atoms with Crippen molar-refractivity contribution in [2.45, 2.75) is 46.2 Å². The molecule has 6 nitrogen and oxygen atoms in total. The maximum absolute atomic E-state index is 11.9. The highest BCUT2D eigenvalue weighted by atomic mass is 16.2. The molecule has 0 saturated carbocycles. The maximum atomic E-state index is 11.9. The molecule has 102 valence electrons. The van der Waals surface area contributed by atoms with E-state index in [1.165, 1.54) is 0 Å². The summed E-state index contributed by atoms with van der Waals surface area (Å²) in [5.41, 5.74) is 0. The molecule has 1 atom stereocenters. The Morgan fingerprint density at radius 2 is 1.94 bits per heavy atom. The predicted molar refractivity (Wildman–Crippen MR) is 66.8 cm³/mol. The van der Waals surface area contributed by atoms with Crippen LogP contribution in [0, 0.1) is 5.92 Å². The van der Waals surface area contributed by atoms with Crippen molar-refractivity contribution in [2.24, 2.45) is 5.92 Å². The van der Waals surface area contributed by atoms with E-state index in [1.807, 2.05) is 27.7 Å². The van der Waals surface area contributed by atoms with Gasteiger partial charge < -0.3 is 10.6 Å². The van der Waals surface area contributed by atoms with Crippen LogP contribution in [0.3, 0.4) is 0 Å². The smallest absolute Gasteiger partial charge is 0.325 e. The number of hydrogen-bond acceptors (Lipinski definition) is 3. The van der Waals surface area contributed by atoms with Gasteiger partial charge in [0.2, 0.25) is 5.91 Å². The lowest BCUT2D eigenvalue weighted by Gasteiger charge is -2.14. The van der Waals surface area contributed by atoms with Gasteiger partial charge in [-0.1, -0.05) is 13.8 Å². The normalized spacial score (nSPS) is 19.7. The highest BCUT2D eigenvalue weighted by Crippen LogP contribution is 2.13. The highest BCUT2D eigenvalue weighted by Gasteiger charge is 2.38. The Balaban J connectivity index is 2.59. The second-order valence-electron chi connectivity index (χ2n) is 5.28. The monoisotopic (exact) mass is 255 g/mol. The summed E-state index contributed by atoms with van der Waals surface area (Å²) in [6.07, 6.45) is 0.590. The van der Waals surface area contributed by atoms with Crippen LogP contribution in [0.1, 0.15) is 34.1 Å². The number of nitrogens with one attached hydrogen (secondary N) is 2. The molecular formula is C12H21N3O3. The molecule has 6 heteroatoms. The number of carbonyl (C=O) groups is 3. The largest absolute Gasteiger partial charge is 0.352 e. The van der Waals surface area contributed by atoms with Gasteiger partial charge in [-0.25, -0.2) is 4.79 Å². The van der Waals surface area contributed by atoms with E-state index in [0.29, 0.717) is 12.3 Å². The zero-order chi connectivity index (χ0) is 13.9. The summed E-state index contributed by atoms with van der Waals surface area (Å²) in [6, 6.07) is -0.987. The lowest BCUT2D eigenvalue weighted by molar-refractivity contribution is -0.132. The first-order valence-corrected chi connectivity index (χ1v) is 6.22. The molecule has 0 bridgehead atoms. The molecule has 1 aliphatic rings. The second kappa shape index (κ2) is 5.84. The van der Waals surface area contributed by atoms with E-state index >= 15 is 0 Å². The molecule has 1 heterocycles.